The molecule has 1 aromatic carbocycles. The van der Waals surface area contributed by atoms with Gasteiger partial charge in [-0.3, -0.25) is 0 Å². The predicted octanol–water partition coefficient (Wildman–Crippen LogP) is 2.60. The Kier molecular flexibility index (Phi) is 4.01. The SMILES string of the molecule is O=S(O)CN=Nc1ccc(Cl)cc1. The molecule has 0 spiro atoms. The third-order valence-corrected chi connectivity index (χ3v) is 1.77. The molecule has 0 fully saturated rings. The molecule has 1 atom stereocenters. The van der Waals surface area contributed by atoms with Crippen molar-refractivity contribution in [2.75, 3.05) is 5.88 Å². The van der Waals surface area contributed by atoms with Gasteiger partial charge in [0.2, 0.25) is 0 Å². The van der Waals surface area contributed by atoms with Gasteiger partial charge >= 0.3 is 0 Å². The Bertz CT molecular complexity index is 326. The van der Waals surface area contributed by atoms with Crippen LogP contribution in [-0.4, -0.2) is 14.6 Å². The lowest BCUT2D eigenvalue weighted by Crippen LogP contribution is -1.88. The van der Waals surface area contributed by atoms with Crippen molar-refractivity contribution in [3.05, 3.63) is 29.3 Å². The fraction of sp³-hybridized carbons (Fsp3) is 0.143. The first-order valence-corrected chi connectivity index (χ1v) is 5.04. The van der Waals surface area contributed by atoms with Crippen molar-refractivity contribution in [2.24, 2.45) is 10.2 Å². The Morgan fingerprint density at radius 3 is 2.54 bits per heavy atom. The number of azo groups is 1. The first kappa shape index (κ1) is 10.3. The van der Waals surface area contributed by atoms with E-state index in [-0.39, 0.29) is 5.88 Å². The van der Waals surface area contributed by atoms with Gasteiger partial charge in [-0.15, -0.1) is 0 Å². The number of hydrogen-bond donors (Lipinski definition) is 1. The summed E-state index contributed by atoms with van der Waals surface area (Å²) >= 11 is 3.71. The van der Waals surface area contributed by atoms with Gasteiger partial charge in [0.05, 0.1) is 5.69 Å². The van der Waals surface area contributed by atoms with E-state index in [4.69, 9.17) is 16.2 Å². The molecule has 0 aliphatic heterocycles. The number of nitrogens with zero attached hydrogens (tertiary/aromatic N) is 2. The van der Waals surface area contributed by atoms with E-state index >= 15 is 0 Å². The van der Waals surface area contributed by atoms with E-state index in [1.807, 2.05) is 0 Å². The summed E-state index contributed by atoms with van der Waals surface area (Å²) in [6.07, 6.45) is 0. The van der Waals surface area contributed by atoms with Gasteiger partial charge in [-0.25, -0.2) is 4.21 Å². The van der Waals surface area contributed by atoms with E-state index < -0.39 is 11.1 Å². The molecule has 70 valence electrons. The zero-order chi connectivity index (χ0) is 9.68. The zero-order valence-corrected chi connectivity index (χ0v) is 8.13. The van der Waals surface area contributed by atoms with Crippen LogP contribution in [0.3, 0.4) is 0 Å². The maximum atomic E-state index is 10.2. The van der Waals surface area contributed by atoms with E-state index in [0.29, 0.717) is 10.7 Å². The highest BCUT2D eigenvalue weighted by Crippen LogP contribution is 2.16. The molecular formula is C7H7ClN2O2S. The van der Waals surface area contributed by atoms with Gasteiger partial charge in [0, 0.05) is 5.02 Å². The molecule has 0 radical (unpaired) electrons. The lowest BCUT2D eigenvalue weighted by atomic mass is 10.3. The second kappa shape index (κ2) is 5.06. The Balaban J connectivity index is 2.59. The Morgan fingerprint density at radius 1 is 1.38 bits per heavy atom. The maximum absolute atomic E-state index is 10.2. The minimum atomic E-state index is -1.93. The van der Waals surface area contributed by atoms with Crippen LogP contribution in [0.2, 0.25) is 5.02 Å². The molecule has 1 aromatic rings. The predicted molar refractivity (Wildman–Crippen MR) is 51.6 cm³/mol. The van der Waals surface area contributed by atoms with Crippen LogP contribution in [-0.2, 0) is 11.1 Å². The van der Waals surface area contributed by atoms with E-state index in [9.17, 15) is 4.21 Å². The van der Waals surface area contributed by atoms with Crippen molar-refractivity contribution in [3.8, 4) is 0 Å². The summed E-state index contributed by atoms with van der Waals surface area (Å²) < 4.78 is 18.6. The van der Waals surface area contributed by atoms with Gasteiger partial charge in [-0.1, -0.05) is 11.6 Å². The Labute approximate surface area is 82.9 Å². The second-order valence-corrected chi connectivity index (χ2v) is 3.51. The van der Waals surface area contributed by atoms with Crippen LogP contribution in [0, 0.1) is 0 Å². The Hall–Kier alpha value is -0.780. The normalized spacial score (nSPS) is 13.4. The first-order valence-electron chi connectivity index (χ1n) is 3.39. The third-order valence-electron chi connectivity index (χ3n) is 1.18. The fourth-order valence-electron chi connectivity index (χ4n) is 0.668. The number of hydrogen-bond acceptors (Lipinski definition) is 3. The van der Waals surface area contributed by atoms with Crippen LogP contribution in [0.15, 0.2) is 34.5 Å². The Morgan fingerprint density at radius 2 is 2.00 bits per heavy atom. The largest absolute Gasteiger partial charge is 0.305 e. The summed E-state index contributed by atoms with van der Waals surface area (Å²) in [7, 11) is 0. The number of benzene rings is 1. The van der Waals surface area contributed by atoms with E-state index in [1.165, 1.54) is 0 Å². The average Bonchev–Trinajstić information content (AvgIpc) is 2.08. The topological polar surface area (TPSA) is 62.0 Å². The molecule has 13 heavy (non-hydrogen) atoms. The summed E-state index contributed by atoms with van der Waals surface area (Å²) in [5.41, 5.74) is 0.606. The molecule has 1 rings (SSSR count). The molecule has 1 unspecified atom stereocenters. The lowest BCUT2D eigenvalue weighted by Gasteiger charge is -1.91. The fourth-order valence-corrected chi connectivity index (χ4v) is 0.950. The van der Waals surface area contributed by atoms with Crippen molar-refractivity contribution in [3.63, 3.8) is 0 Å². The van der Waals surface area contributed by atoms with Crippen LogP contribution in [0.4, 0.5) is 5.69 Å². The van der Waals surface area contributed by atoms with Gasteiger partial charge in [0.15, 0.2) is 17.0 Å². The van der Waals surface area contributed by atoms with E-state index in [2.05, 4.69) is 10.2 Å². The summed E-state index contributed by atoms with van der Waals surface area (Å²) in [5.74, 6) is -0.206. The highest BCUT2D eigenvalue weighted by Gasteiger charge is 1.90. The molecule has 0 saturated heterocycles. The van der Waals surface area contributed by atoms with Crippen molar-refractivity contribution in [1.82, 2.24) is 0 Å². The van der Waals surface area contributed by atoms with E-state index in [0.717, 1.165) is 0 Å². The van der Waals surface area contributed by atoms with Crippen LogP contribution in [0.1, 0.15) is 0 Å². The average molecular weight is 219 g/mol. The molecule has 0 amide bonds. The van der Waals surface area contributed by atoms with E-state index in [1.54, 1.807) is 24.3 Å². The highest BCUT2D eigenvalue weighted by molar-refractivity contribution is 7.79. The summed E-state index contributed by atoms with van der Waals surface area (Å²) in [6.45, 7) is 0. The van der Waals surface area contributed by atoms with Gasteiger partial charge in [-0.2, -0.15) is 10.2 Å². The van der Waals surface area contributed by atoms with Gasteiger partial charge in [0.1, 0.15) is 0 Å². The van der Waals surface area contributed by atoms with Crippen molar-refractivity contribution in [1.29, 1.82) is 0 Å². The molecule has 0 aromatic heterocycles. The van der Waals surface area contributed by atoms with Crippen molar-refractivity contribution < 1.29 is 8.76 Å². The smallest absolute Gasteiger partial charge is 0.177 e. The van der Waals surface area contributed by atoms with Gasteiger partial charge < -0.3 is 4.55 Å². The van der Waals surface area contributed by atoms with Crippen LogP contribution < -0.4 is 0 Å². The third kappa shape index (κ3) is 4.12. The molecule has 0 saturated carbocycles. The molecule has 0 aliphatic rings. The lowest BCUT2D eigenvalue weighted by molar-refractivity contribution is 0.564. The first-order chi connectivity index (χ1) is 6.18. The van der Waals surface area contributed by atoms with Crippen molar-refractivity contribution in [2.45, 2.75) is 0 Å². The maximum Gasteiger partial charge on any atom is 0.177 e. The molecule has 4 nitrogen and oxygen atoms in total. The molecule has 0 aliphatic carbocycles. The molecule has 1 N–H and O–H groups in total. The van der Waals surface area contributed by atoms with Crippen molar-refractivity contribution >= 4 is 28.4 Å². The zero-order valence-electron chi connectivity index (χ0n) is 6.55. The van der Waals surface area contributed by atoms with Crippen LogP contribution >= 0.6 is 11.6 Å². The van der Waals surface area contributed by atoms with Crippen LogP contribution in [0.25, 0.3) is 0 Å². The minimum absolute atomic E-state index is 0.206. The second-order valence-electron chi connectivity index (χ2n) is 2.17. The van der Waals surface area contributed by atoms with Gasteiger partial charge in [-0.05, 0) is 24.3 Å². The molecular weight excluding hydrogens is 212 g/mol. The summed E-state index contributed by atoms with van der Waals surface area (Å²) in [6, 6.07) is 6.69. The number of halogens is 1. The highest BCUT2D eigenvalue weighted by atomic mass is 35.5. The molecule has 0 bridgehead atoms. The quantitative estimate of drug-likeness (QED) is 0.626. The number of rotatable bonds is 3. The van der Waals surface area contributed by atoms with Gasteiger partial charge in [0.25, 0.3) is 0 Å². The standard InChI is InChI=1S/C7H7ClN2O2S/c8-6-1-3-7(4-2-6)10-9-5-13(11)12/h1-4H,5H2,(H,11,12). The molecule has 0 heterocycles. The van der Waals surface area contributed by atoms with Crippen LogP contribution in [0.5, 0.6) is 0 Å². The summed E-state index contributed by atoms with van der Waals surface area (Å²) in [4.78, 5) is 0. The minimum Gasteiger partial charge on any atom is -0.305 e. The summed E-state index contributed by atoms with van der Waals surface area (Å²) in [5, 5.41) is 7.82. The molecule has 6 heteroatoms. The monoisotopic (exact) mass is 218 g/mol.